The maximum Gasteiger partial charge on any atom is 0.243 e. The van der Waals surface area contributed by atoms with E-state index in [9.17, 15) is 8.42 Å². The fourth-order valence-electron chi connectivity index (χ4n) is 4.06. The average Bonchev–Trinajstić information content (AvgIpc) is 2.62. The lowest BCUT2D eigenvalue weighted by Crippen LogP contribution is -2.43. The van der Waals surface area contributed by atoms with Crippen LogP contribution in [0.3, 0.4) is 0 Å². The minimum absolute atomic E-state index is 0.329. The average molecular weight is 367 g/mol. The molecule has 2 aliphatic heterocycles. The number of piperidine rings is 2. The Morgan fingerprint density at radius 3 is 2.60 bits per heavy atom. The standard InChI is InChI=1S/C19H30N2O3S/c1-16-5-4-10-20(14-16)15-17-8-11-21(12-9-17)25(22,23)19-7-3-6-18(13-19)24-2/h3,6-7,13,16-17H,4-5,8-12,14-15H2,1-2H3/t16-/m1/s1. The summed E-state index contributed by atoms with van der Waals surface area (Å²) in [4.78, 5) is 2.90. The second-order valence-electron chi connectivity index (χ2n) is 7.53. The van der Waals surface area contributed by atoms with E-state index in [1.165, 1.54) is 25.9 Å². The minimum Gasteiger partial charge on any atom is -0.497 e. The first-order valence-corrected chi connectivity index (χ1v) is 10.8. The van der Waals surface area contributed by atoms with E-state index in [2.05, 4.69) is 11.8 Å². The molecule has 2 heterocycles. The van der Waals surface area contributed by atoms with Gasteiger partial charge in [0.1, 0.15) is 5.75 Å². The van der Waals surface area contributed by atoms with Crippen LogP contribution in [0.2, 0.25) is 0 Å². The Kier molecular flexibility index (Phi) is 6.02. The smallest absolute Gasteiger partial charge is 0.243 e. The highest BCUT2D eigenvalue weighted by Crippen LogP contribution is 2.27. The van der Waals surface area contributed by atoms with Crippen molar-refractivity contribution in [3.8, 4) is 5.75 Å². The molecule has 5 nitrogen and oxygen atoms in total. The predicted molar refractivity (Wildman–Crippen MR) is 99.3 cm³/mol. The lowest BCUT2D eigenvalue weighted by atomic mass is 9.94. The molecule has 0 spiro atoms. The van der Waals surface area contributed by atoms with Crippen LogP contribution in [-0.2, 0) is 10.0 Å². The first-order chi connectivity index (χ1) is 12.0. The second kappa shape index (κ2) is 8.06. The summed E-state index contributed by atoms with van der Waals surface area (Å²) in [5.41, 5.74) is 0. The number of ether oxygens (including phenoxy) is 1. The molecule has 25 heavy (non-hydrogen) atoms. The Balaban J connectivity index is 1.57. The first-order valence-electron chi connectivity index (χ1n) is 9.35. The maximum atomic E-state index is 12.9. The van der Waals surface area contributed by atoms with Crippen molar-refractivity contribution < 1.29 is 13.2 Å². The van der Waals surface area contributed by atoms with Crippen LogP contribution in [0, 0.1) is 11.8 Å². The predicted octanol–water partition coefficient (Wildman–Crippen LogP) is 2.83. The number of hydrogen-bond acceptors (Lipinski definition) is 4. The third-order valence-corrected chi connectivity index (χ3v) is 7.40. The first kappa shape index (κ1) is 18.7. The second-order valence-corrected chi connectivity index (χ2v) is 9.47. The molecule has 3 rings (SSSR count). The Morgan fingerprint density at radius 2 is 1.92 bits per heavy atom. The molecule has 6 heteroatoms. The van der Waals surface area contributed by atoms with E-state index in [0.717, 1.165) is 25.3 Å². The number of rotatable bonds is 5. The largest absolute Gasteiger partial charge is 0.497 e. The summed E-state index contributed by atoms with van der Waals surface area (Å²) in [6.07, 6.45) is 4.54. The molecule has 0 bridgehead atoms. The summed E-state index contributed by atoms with van der Waals surface area (Å²) in [6, 6.07) is 6.76. The van der Waals surface area contributed by atoms with Gasteiger partial charge in [0.15, 0.2) is 0 Å². The van der Waals surface area contributed by atoms with Crippen molar-refractivity contribution in [3.63, 3.8) is 0 Å². The van der Waals surface area contributed by atoms with Crippen molar-refractivity contribution in [1.29, 1.82) is 0 Å². The fourth-order valence-corrected chi connectivity index (χ4v) is 5.57. The van der Waals surface area contributed by atoms with Crippen molar-refractivity contribution in [3.05, 3.63) is 24.3 Å². The Hall–Kier alpha value is -1.11. The van der Waals surface area contributed by atoms with Crippen molar-refractivity contribution in [1.82, 2.24) is 9.21 Å². The van der Waals surface area contributed by atoms with E-state index >= 15 is 0 Å². The third kappa shape index (κ3) is 4.54. The van der Waals surface area contributed by atoms with Gasteiger partial charge in [0.05, 0.1) is 12.0 Å². The number of benzene rings is 1. The van der Waals surface area contributed by atoms with Crippen molar-refractivity contribution in [2.45, 2.75) is 37.5 Å². The van der Waals surface area contributed by atoms with Gasteiger partial charge < -0.3 is 9.64 Å². The highest BCUT2D eigenvalue weighted by molar-refractivity contribution is 7.89. The topological polar surface area (TPSA) is 49.9 Å². The van der Waals surface area contributed by atoms with E-state index in [1.807, 2.05) is 0 Å². The summed E-state index contributed by atoms with van der Waals surface area (Å²) >= 11 is 0. The van der Waals surface area contributed by atoms with Crippen LogP contribution >= 0.6 is 0 Å². The molecule has 2 saturated heterocycles. The van der Waals surface area contributed by atoms with Crippen LogP contribution in [-0.4, -0.2) is 57.5 Å². The van der Waals surface area contributed by atoms with Gasteiger partial charge in [0, 0.05) is 32.2 Å². The van der Waals surface area contributed by atoms with E-state index in [-0.39, 0.29) is 0 Å². The van der Waals surface area contributed by atoms with Gasteiger partial charge in [0.25, 0.3) is 0 Å². The van der Waals surface area contributed by atoms with E-state index in [4.69, 9.17) is 4.74 Å². The molecule has 0 aliphatic carbocycles. The third-order valence-electron chi connectivity index (χ3n) is 5.51. The zero-order chi connectivity index (χ0) is 17.9. The normalized spacial score (nSPS) is 24.3. The number of sulfonamides is 1. The molecule has 1 atom stereocenters. The zero-order valence-corrected chi connectivity index (χ0v) is 16.2. The summed E-state index contributed by atoms with van der Waals surface area (Å²) in [5, 5.41) is 0. The van der Waals surface area contributed by atoms with Gasteiger partial charge in [-0.15, -0.1) is 0 Å². The Morgan fingerprint density at radius 1 is 1.16 bits per heavy atom. The van der Waals surface area contributed by atoms with E-state index in [0.29, 0.717) is 29.7 Å². The molecule has 2 fully saturated rings. The highest BCUT2D eigenvalue weighted by atomic mass is 32.2. The lowest BCUT2D eigenvalue weighted by molar-refractivity contribution is 0.136. The number of methoxy groups -OCH3 is 1. The van der Waals surface area contributed by atoms with Crippen LogP contribution < -0.4 is 4.74 Å². The van der Waals surface area contributed by atoms with Gasteiger partial charge in [0.2, 0.25) is 10.0 Å². The van der Waals surface area contributed by atoms with Gasteiger partial charge in [-0.25, -0.2) is 8.42 Å². The van der Waals surface area contributed by atoms with Crippen LogP contribution in [0.5, 0.6) is 5.75 Å². The molecule has 0 aromatic heterocycles. The summed E-state index contributed by atoms with van der Waals surface area (Å²) in [5.74, 6) is 1.99. The maximum absolute atomic E-state index is 12.9. The van der Waals surface area contributed by atoms with E-state index in [1.54, 1.807) is 35.7 Å². The van der Waals surface area contributed by atoms with Crippen LogP contribution in [0.25, 0.3) is 0 Å². The molecule has 1 aromatic carbocycles. The number of likely N-dealkylation sites (tertiary alicyclic amines) is 1. The van der Waals surface area contributed by atoms with Crippen LogP contribution in [0.15, 0.2) is 29.2 Å². The molecule has 0 radical (unpaired) electrons. The molecule has 140 valence electrons. The van der Waals surface area contributed by atoms with Gasteiger partial charge in [-0.1, -0.05) is 13.0 Å². The monoisotopic (exact) mass is 366 g/mol. The Bertz CT molecular complexity index is 669. The number of hydrogen-bond donors (Lipinski definition) is 0. The van der Waals surface area contributed by atoms with Crippen LogP contribution in [0.1, 0.15) is 32.6 Å². The molecule has 0 unspecified atom stereocenters. The molecular formula is C19H30N2O3S. The molecule has 0 amide bonds. The highest BCUT2D eigenvalue weighted by Gasteiger charge is 2.30. The lowest BCUT2D eigenvalue weighted by Gasteiger charge is -2.37. The molecular weight excluding hydrogens is 336 g/mol. The quantitative estimate of drug-likeness (QED) is 0.804. The number of nitrogens with zero attached hydrogens (tertiary/aromatic N) is 2. The SMILES string of the molecule is COc1cccc(S(=O)(=O)N2CCC(CN3CCC[C@@H](C)C3)CC2)c1. The summed E-state index contributed by atoms with van der Waals surface area (Å²) < 4.78 is 32.5. The van der Waals surface area contributed by atoms with Crippen LogP contribution in [0.4, 0.5) is 0 Å². The van der Waals surface area contributed by atoms with E-state index < -0.39 is 10.0 Å². The Labute approximate surface area is 152 Å². The molecule has 1 aromatic rings. The molecule has 0 N–H and O–H groups in total. The zero-order valence-electron chi connectivity index (χ0n) is 15.4. The van der Waals surface area contributed by atoms with Gasteiger partial charge in [-0.3, -0.25) is 0 Å². The van der Waals surface area contributed by atoms with Crippen molar-refractivity contribution >= 4 is 10.0 Å². The van der Waals surface area contributed by atoms with Crippen molar-refractivity contribution in [2.24, 2.45) is 11.8 Å². The van der Waals surface area contributed by atoms with Gasteiger partial charge in [-0.05, 0) is 56.2 Å². The van der Waals surface area contributed by atoms with Gasteiger partial charge >= 0.3 is 0 Å². The fraction of sp³-hybridized carbons (Fsp3) is 0.684. The summed E-state index contributed by atoms with van der Waals surface area (Å²) in [6.45, 7) is 7.09. The van der Waals surface area contributed by atoms with Gasteiger partial charge in [-0.2, -0.15) is 4.31 Å². The molecule has 0 saturated carbocycles. The molecule has 2 aliphatic rings. The summed E-state index contributed by atoms with van der Waals surface area (Å²) in [7, 11) is -1.87. The minimum atomic E-state index is -3.42. The van der Waals surface area contributed by atoms with Crippen molar-refractivity contribution in [2.75, 3.05) is 39.8 Å².